The Morgan fingerprint density at radius 3 is 3.36 bits per heavy atom. The fraction of sp³-hybridized carbons (Fsp3) is 0.286. The van der Waals surface area contributed by atoms with E-state index in [9.17, 15) is 4.55 Å². The number of rotatable bonds is 0. The summed E-state index contributed by atoms with van der Waals surface area (Å²) in [6.07, 6.45) is 3.37. The Labute approximate surface area is 68.0 Å². The van der Waals surface area contributed by atoms with Gasteiger partial charge in [-0.3, -0.25) is 4.98 Å². The van der Waals surface area contributed by atoms with Gasteiger partial charge < -0.3 is 9.87 Å². The molecule has 0 radical (unpaired) electrons. The molecule has 1 aliphatic rings. The van der Waals surface area contributed by atoms with Gasteiger partial charge in [0.25, 0.3) is 0 Å². The first kappa shape index (κ1) is 6.94. The molecule has 2 heterocycles. The first-order valence-corrected chi connectivity index (χ1v) is 4.76. The maximum absolute atomic E-state index is 11.3. The van der Waals surface area contributed by atoms with E-state index in [1.165, 1.54) is 0 Å². The molecule has 0 saturated carbocycles. The van der Waals surface area contributed by atoms with Gasteiger partial charge in [0.15, 0.2) is 4.90 Å². The van der Waals surface area contributed by atoms with Crippen molar-refractivity contribution in [2.24, 2.45) is 0 Å². The normalized spacial score (nSPS) is 22.1. The highest BCUT2D eigenvalue weighted by molar-refractivity contribution is 7.91. The molecule has 1 atom stereocenters. The highest BCUT2D eigenvalue weighted by atomic mass is 32.2. The third-order valence-corrected chi connectivity index (χ3v) is 3.02. The number of aromatic nitrogens is 1. The molecule has 1 aromatic rings. The highest BCUT2D eigenvalue weighted by Gasteiger charge is 2.20. The molecule has 0 bridgehead atoms. The van der Waals surface area contributed by atoms with Crippen molar-refractivity contribution in [3.05, 3.63) is 18.5 Å². The number of pyridine rings is 1. The number of nitrogens with zero attached hydrogens (tertiary/aromatic N) is 1. The minimum atomic E-state index is -0.840. The number of fused-ring (bicyclic) bond motifs is 1. The summed E-state index contributed by atoms with van der Waals surface area (Å²) in [4.78, 5) is 4.75. The summed E-state index contributed by atoms with van der Waals surface area (Å²) in [6, 6.07) is 1.85. The standard InChI is InChI=1S/C7H8N2OS/c10-11-4-3-9-6-1-2-8-5-7(6)11/h1-2,5,9H,3-4H2. The summed E-state index contributed by atoms with van der Waals surface area (Å²) in [5.41, 5.74) is 0.963. The number of anilines is 1. The largest absolute Gasteiger partial charge is 0.611 e. The molecule has 11 heavy (non-hydrogen) atoms. The second-order valence-corrected chi connectivity index (χ2v) is 3.89. The minimum Gasteiger partial charge on any atom is -0.611 e. The molecule has 1 aliphatic heterocycles. The average Bonchev–Trinajstić information content (AvgIpc) is 2.06. The monoisotopic (exact) mass is 168 g/mol. The predicted octanol–water partition coefficient (Wildman–Crippen LogP) is 0.615. The van der Waals surface area contributed by atoms with Crippen molar-refractivity contribution in [3.8, 4) is 0 Å². The molecular formula is C7H8N2OS. The Kier molecular flexibility index (Phi) is 1.71. The molecule has 1 aromatic heterocycles. The van der Waals surface area contributed by atoms with E-state index in [2.05, 4.69) is 10.3 Å². The predicted molar refractivity (Wildman–Crippen MR) is 44.0 cm³/mol. The minimum absolute atomic E-state index is 0.693. The second-order valence-electron chi connectivity index (χ2n) is 2.35. The van der Waals surface area contributed by atoms with Gasteiger partial charge in [0.2, 0.25) is 0 Å². The molecule has 0 amide bonds. The Hall–Kier alpha value is -0.740. The van der Waals surface area contributed by atoms with Crippen molar-refractivity contribution in [3.63, 3.8) is 0 Å². The topological polar surface area (TPSA) is 48.0 Å². The Morgan fingerprint density at radius 2 is 2.55 bits per heavy atom. The molecule has 0 fully saturated rings. The van der Waals surface area contributed by atoms with Crippen LogP contribution in [0.15, 0.2) is 23.4 Å². The molecule has 58 valence electrons. The van der Waals surface area contributed by atoms with E-state index >= 15 is 0 Å². The van der Waals surface area contributed by atoms with Gasteiger partial charge in [-0.1, -0.05) is 0 Å². The Morgan fingerprint density at radius 1 is 1.64 bits per heavy atom. The maximum atomic E-state index is 11.3. The van der Waals surface area contributed by atoms with Crippen molar-refractivity contribution < 1.29 is 4.55 Å². The number of hydrogen-bond donors (Lipinski definition) is 1. The van der Waals surface area contributed by atoms with Crippen molar-refractivity contribution in [2.45, 2.75) is 4.90 Å². The zero-order valence-electron chi connectivity index (χ0n) is 5.91. The van der Waals surface area contributed by atoms with Crippen LogP contribution in [0, 0.1) is 0 Å². The van der Waals surface area contributed by atoms with Crippen LogP contribution in [0.1, 0.15) is 0 Å². The lowest BCUT2D eigenvalue weighted by molar-refractivity contribution is 0.593. The Balaban J connectivity index is 2.44. The lowest BCUT2D eigenvalue weighted by atomic mass is 10.4. The average molecular weight is 168 g/mol. The first-order valence-electron chi connectivity index (χ1n) is 3.44. The van der Waals surface area contributed by atoms with Crippen LogP contribution < -0.4 is 5.32 Å². The maximum Gasteiger partial charge on any atom is 0.194 e. The van der Waals surface area contributed by atoms with Crippen LogP contribution in [0.5, 0.6) is 0 Å². The lowest BCUT2D eigenvalue weighted by Crippen LogP contribution is -2.23. The van der Waals surface area contributed by atoms with E-state index in [0.29, 0.717) is 5.75 Å². The Bertz CT molecular complexity index is 266. The molecule has 0 aliphatic carbocycles. The van der Waals surface area contributed by atoms with Crippen LogP contribution in [0.25, 0.3) is 0 Å². The molecule has 0 aromatic carbocycles. The van der Waals surface area contributed by atoms with Crippen molar-refractivity contribution in [2.75, 3.05) is 17.6 Å². The third kappa shape index (κ3) is 1.19. The van der Waals surface area contributed by atoms with Crippen molar-refractivity contribution >= 4 is 16.9 Å². The zero-order valence-corrected chi connectivity index (χ0v) is 6.73. The fourth-order valence-electron chi connectivity index (χ4n) is 1.10. The van der Waals surface area contributed by atoms with Crippen LogP contribution in [0.3, 0.4) is 0 Å². The van der Waals surface area contributed by atoms with Crippen molar-refractivity contribution in [1.82, 2.24) is 4.98 Å². The lowest BCUT2D eigenvalue weighted by Gasteiger charge is -2.19. The SMILES string of the molecule is [O-][S+]1CCNc2ccncc21. The second kappa shape index (κ2) is 2.71. The van der Waals surface area contributed by atoms with Crippen LogP contribution in [0.4, 0.5) is 5.69 Å². The summed E-state index contributed by atoms with van der Waals surface area (Å²) in [7, 11) is 0. The molecule has 0 saturated heterocycles. The molecule has 1 N–H and O–H groups in total. The summed E-state index contributed by atoms with van der Waals surface area (Å²) in [5, 5.41) is 3.16. The smallest absolute Gasteiger partial charge is 0.194 e. The van der Waals surface area contributed by atoms with Crippen LogP contribution in [-0.2, 0) is 11.2 Å². The highest BCUT2D eigenvalue weighted by Crippen LogP contribution is 2.23. The van der Waals surface area contributed by atoms with E-state index in [1.54, 1.807) is 12.4 Å². The third-order valence-electron chi connectivity index (χ3n) is 1.63. The summed E-state index contributed by atoms with van der Waals surface area (Å²) >= 11 is -0.840. The van der Waals surface area contributed by atoms with E-state index < -0.39 is 11.2 Å². The molecule has 1 unspecified atom stereocenters. The van der Waals surface area contributed by atoms with E-state index in [4.69, 9.17) is 0 Å². The van der Waals surface area contributed by atoms with Gasteiger partial charge in [0.05, 0.1) is 18.4 Å². The fourth-order valence-corrected chi connectivity index (χ4v) is 2.17. The molecule has 3 nitrogen and oxygen atoms in total. The summed E-state index contributed by atoms with van der Waals surface area (Å²) < 4.78 is 11.3. The van der Waals surface area contributed by atoms with Crippen LogP contribution in [-0.4, -0.2) is 21.8 Å². The molecule has 0 spiro atoms. The van der Waals surface area contributed by atoms with Crippen molar-refractivity contribution in [1.29, 1.82) is 0 Å². The molecular weight excluding hydrogens is 160 g/mol. The van der Waals surface area contributed by atoms with E-state index in [-0.39, 0.29) is 0 Å². The zero-order chi connectivity index (χ0) is 7.68. The van der Waals surface area contributed by atoms with E-state index in [0.717, 1.165) is 17.1 Å². The van der Waals surface area contributed by atoms with Gasteiger partial charge in [0, 0.05) is 6.20 Å². The number of hydrogen-bond acceptors (Lipinski definition) is 3. The van der Waals surface area contributed by atoms with Crippen LogP contribution >= 0.6 is 0 Å². The summed E-state index contributed by atoms with van der Waals surface area (Å²) in [5.74, 6) is 0.693. The van der Waals surface area contributed by atoms with E-state index in [1.807, 2.05) is 6.07 Å². The number of nitrogens with one attached hydrogen (secondary N) is 1. The van der Waals surface area contributed by atoms with Gasteiger partial charge in [-0.15, -0.1) is 0 Å². The van der Waals surface area contributed by atoms with Gasteiger partial charge in [-0.05, 0) is 17.2 Å². The molecule has 2 rings (SSSR count). The van der Waals surface area contributed by atoms with Gasteiger partial charge in [0.1, 0.15) is 5.75 Å². The van der Waals surface area contributed by atoms with Gasteiger partial charge >= 0.3 is 0 Å². The first-order chi connectivity index (χ1) is 5.38. The van der Waals surface area contributed by atoms with Gasteiger partial charge in [-0.25, -0.2) is 0 Å². The van der Waals surface area contributed by atoms with Gasteiger partial charge in [-0.2, -0.15) is 0 Å². The summed E-state index contributed by atoms with van der Waals surface area (Å²) in [6.45, 7) is 0.795. The molecule has 4 heteroatoms. The van der Waals surface area contributed by atoms with Crippen LogP contribution in [0.2, 0.25) is 0 Å². The quantitative estimate of drug-likeness (QED) is 0.577.